The summed E-state index contributed by atoms with van der Waals surface area (Å²) in [4.78, 5) is 14.2. The molecule has 96 valence electrons. The Labute approximate surface area is 117 Å². The lowest BCUT2D eigenvalue weighted by Gasteiger charge is -2.18. The number of benzene rings is 2. The molecule has 0 aromatic heterocycles. The van der Waals surface area contributed by atoms with Gasteiger partial charge in [0.25, 0.3) is 0 Å². The summed E-state index contributed by atoms with van der Waals surface area (Å²) in [5.41, 5.74) is 3.99. The molecule has 3 heteroatoms. The van der Waals surface area contributed by atoms with Crippen molar-refractivity contribution >= 4 is 28.9 Å². The Bertz CT molecular complexity index is 666. The maximum Gasteiger partial charge on any atom is 0.238 e. The van der Waals surface area contributed by atoms with Gasteiger partial charge in [-0.25, -0.2) is 0 Å². The molecule has 1 amide bonds. The predicted octanol–water partition coefficient (Wildman–Crippen LogP) is 4.43. The second-order valence-electron chi connectivity index (χ2n) is 4.94. The highest BCUT2D eigenvalue weighted by molar-refractivity contribution is 6.31. The summed E-state index contributed by atoms with van der Waals surface area (Å²) in [6, 6.07) is 13.6. The van der Waals surface area contributed by atoms with Crippen LogP contribution in [0.1, 0.15) is 24.0 Å². The number of hydrogen-bond donors (Lipinski definition) is 0. The topological polar surface area (TPSA) is 20.3 Å². The third kappa shape index (κ3) is 1.92. The number of aryl methyl sites for hydroxylation is 1. The predicted molar refractivity (Wildman–Crippen MR) is 78.2 cm³/mol. The number of halogens is 1. The van der Waals surface area contributed by atoms with Gasteiger partial charge in [0.1, 0.15) is 0 Å². The average molecular weight is 272 g/mol. The van der Waals surface area contributed by atoms with Gasteiger partial charge in [0.05, 0.1) is 11.6 Å². The number of nitrogens with zero attached hydrogens (tertiary/aromatic N) is 1. The van der Waals surface area contributed by atoms with Crippen LogP contribution in [0.2, 0.25) is 5.02 Å². The highest BCUT2D eigenvalue weighted by Gasteiger charge is 2.35. The van der Waals surface area contributed by atoms with Gasteiger partial charge >= 0.3 is 0 Å². The molecule has 2 aromatic rings. The first-order valence-corrected chi connectivity index (χ1v) is 6.66. The smallest absolute Gasteiger partial charge is 0.238 e. The Morgan fingerprint density at radius 2 is 1.95 bits per heavy atom. The summed E-state index contributed by atoms with van der Waals surface area (Å²) >= 11 is 6.03. The fourth-order valence-corrected chi connectivity index (χ4v) is 2.74. The van der Waals surface area contributed by atoms with E-state index in [0.29, 0.717) is 5.02 Å². The number of anilines is 2. The van der Waals surface area contributed by atoms with Crippen LogP contribution in [0.25, 0.3) is 0 Å². The van der Waals surface area contributed by atoms with Gasteiger partial charge in [0.15, 0.2) is 0 Å². The molecule has 1 aliphatic heterocycles. The lowest BCUT2D eigenvalue weighted by Crippen LogP contribution is -2.22. The standard InChI is InChI=1S/C16H14ClNO/c1-10-4-3-5-13(8-10)18-15-7-6-12(17)9-14(15)11(2)16(18)19/h3-9,11H,1-2H3. The van der Waals surface area contributed by atoms with E-state index in [9.17, 15) is 4.79 Å². The third-order valence-corrected chi connectivity index (χ3v) is 3.78. The second kappa shape index (κ2) is 4.39. The Kier molecular flexibility index (Phi) is 2.83. The van der Waals surface area contributed by atoms with Crippen molar-refractivity contribution in [2.45, 2.75) is 19.8 Å². The van der Waals surface area contributed by atoms with Gasteiger partial charge in [-0.2, -0.15) is 0 Å². The van der Waals surface area contributed by atoms with Crippen LogP contribution >= 0.6 is 11.6 Å². The number of carbonyl (C=O) groups is 1. The summed E-state index contributed by atoms with van der Waals surface area (Å²) in [6.07, 6.45) is 0. The van der Waals surface area contributed by atoms with Crippen molar-refractivity contribution in [3.8, 4) is 0 Å². The van der Waals surface area contributed by atoms with Gasteiger partial charge in [-0.1, -0.05) is 23.7 Å². The van der Waals surface area contributed by atoms with E-state index >= 15 is 0 Å². The van der Waals surface area contributed by atoms with E-state index in [4.69, 9.17) is 11.6 Å². The highest BCUT2D eigenvalue weighted by Crippen LogP contribution is 2.42. The van der Waals surface area contributed by atoms with Gasteiger partial charge in [0, 0.05) is 10.7 Å². The molecule has 0 bridgehead atoms. The zero-order valence-electron chi connectivity index (χ0n) is 10.9. The van der Waals surface area contributed by atoms with E-state index in [-0.39, 0.29) is 11.8 Å². The normalized spacial score (nSPS) is 17.7. The van der Waals surface area contributed by atoms with Crippen LogP contribution in [0.5, 0.6) is 0 Å². The van der Waals surface area contributed by atoms with Crippen LogP contribution in [0, 0.1) is 6.92 Å². The van der Waals surface area contributed by atoms with Gasteiger partial charge in [-0.15, -0.1) is 0 Å². The van der Waals surface area contributed by atoms with Crippen LogP contribution in [0.4, 0.5) is 11.4 Å². The minimum Gasteiger partial charge on any atom is -0.280 e. The van der Waals surface area contributed by atoms with Gasteiger partial charge in [0.2, 0.25) is 5.91 Å². The van der Waals surface area contributed by atoms with E-state index in [1.807, 2.05) is 56.3 Å². The summed E-state index contributed by atoms with van der Waals surface area (Å²) in [5, 5.41) is 0.671. The molecule has 0 N–H and O–H groups in total. The first-order valence-electron chi connectivity index (χ1n) is 6.28. The molecule has 0 radical (unpaired) electrons. The van der Waals surface area contributed by atoms with E-state index < -0.39 is 0 Å². The molecule has 1 atom stereocenters. The molecule has 2 nitrogen and oxygen atoms in total. The molecule has 2 aromatic carbocycles. The number of fused-ring (bicyclic) bond motifs is 1. The molecule has 1 aliphatic rings. The monoisotopic (exact) mass is 271 g/mol. The van der Waals surface area contributed by atoms with Gasteiger partial charge < -0.3 is 0 Å². The number of hydrogen-bond acceptors (Lipinski definition) is 1. The van der Waals surface area contributed by atoms with Crippen molar-refractivity contribution in [3.05, 3.63) is 58.6 Å². The molecule has 0 aliphatic carbocycles. The third-order valence-electron chi connectivity index (χ3n) is 3.55. The molecule has 0 spiro atoms. The van der Waals surface area contributed by atoms with Crippen molar-refractivity contribution in [1.29, 1.82) is 0 Å². The van der Waals surface area contributed by atoms with E-state index in [1.165, 1.54) is 0 Å². The van der Waals surface area contributed by atoms with Crippen LogP contribution in [-0.4, -0.2) is 5.91 Å². The molecule has 0 fully saturated rings. The van der Waals surface area contributed by atoms with Crippen LogP contribution in [-0.2, 0) is 4.79 Å². The second-order valence-corrected chi connectivity index (χ2v) is 5.37. The summed E-state index contributed by atoms with van der Waals surface area (Å²) < 4.78 is 0. The maximum atomic E-state index is 12.5. The zero-order valence-corrected chi connectivity index (χ0v) is 11.6. The first-order chi connectivity index (χ1) is 9.08. The Balaban J connectivity index is 2.16. The zero-order chi connectivity index (χ0) is 13.6. The molecular formula is C16H14ClNO. The quantitative estimate of drug-likeness (QED) is 0.751. The SMILES string of the molecule is Cc1cccc(N2C(=O)C(C)c3cc(Cl)ccc32)c1. The minimum absolute atomic E-state index is 0.0999. The van der Waals surface area contributed by atoms with Crippen molar-refractivity contribution in [2.24, 2.45) is 0 Å². The van der Waals surface area contributed by atoms with Crippen LogP contribution in [0.15, 0.2) is 42.5 Å². The van der Waals surface area contributed by atoms with E-state index in [2.05, 4.69) is 0 Å². The summed E-state index contributed by atoms with van der Waals surface area (Å²) in [7, 11) is 0. The van der Waals surface area contributed by atoms with Crippen molar-refractivity contribution in [2.75, 3.05) is 4.90 Å². The molecular weight excluding hydrogens is 258 g/mol. The molecule has 1 heterocycles. The van der Waals surface area contributed by atoms with Crippen LogP contribution < -0.4 is 4.90 Å². The molecule has 0 saturated heterocycles. The van der Waals surface area contributed by atoms with Crippen molar-refractivity contribution in [3.63, 3.8) is 0 Å². The Morgan fingerprint density at radius 1 is 1.16 bits per heavy atom. The first kappa shape index (κ1) is 12.2. The summed E-state index contributed by atoms with van der Waals surface area (Å²) in [5.74, 6) is -0.0444. The van der Waals surface area contributed by atoms with Crippen molar-refractivity contribution < 1.29 is 4.79 Å². The Morgan fingerprint density at radius 3 is 2.68 bits per heavy atom. The fourth-order valence-electron chi connectivity index (χ4n) is 2.55. The molecule has 0 saturated carbocycles. The number of carbonyl (C=O) groups excluding carboxylic acids is 1. The van der Waals surface area contributed by atoms with E-state index in [0.717, 1.165) is 22.5 Å². The molecule has 3 rings (SSSR count). The van der Waals surface area contributed by atoms with E-state index in [1.54, 1.807) is 4.90 Å². The number of amides is 1. The highest BCUT2D eigenvalue weighted by atomic mass is 35.5. The maximum absolute atomic E-state index is 12.5. The van der Waals surface area contributed by atoms with Gasteiger partial charge in [-0.05, 0) is 55.3 Å². The fraction of sp³-hybridized carbons (Fsp3) is 0.188. The number of rotatable bonds is 1. The minimum atomic E-state index is -0.144. The lowest BCUT2D eigenvalue weighted by molar-refractivity contribution is -0.118. The molecule has 19 heavy (non-hydrogen) atoms. The van der Waals surface area contributed by atoms with Gasteiger partial charge in [-0.3, -0.25) is 9.69 Å². The lowest BCUT2D eigenvalue weighted by atomic mass is 10.0. The van der Waals surface area contributed by atoms with Crippen LogP contribution in [0.3, 0.4) is 0 Å². The van der Waals surface area contributed by atoms with Crippen molar-refractivity contribution in [1.82, 2.24) is 0 Å². The average Bonchev–Trinajstić information content (AvgIpc) is 2.62. The molecule has 1 unspecified atom stereocenters. The summed E-state index contributed by atoms with van der Waals surface area (Å²) in [6.45, 7) is 3.95. The largest absolute Gasteiger partial charge is 0.280 e. The Hall–Kier alpha value is -1.80.